The van der Waals surface area contributed by atoms with Crippen molar-refractivity contribution >= 4 is 11.6 Å². The molecule has 0 aliphatic carbocycles. The van der Waals surface area contributed by atoms with Crippen molar-refractivity contribution in [3.8, 4) is 5.75 Å². The lowest BCUT2D eigenvalue weighted by atomic mass is 10.1. The molecule has 0 saturated carbocycles. The molecule has 2 aromatic rings. The van der Waals surface area contributed by atoms with Gasteiger partial charge in [0.1, 0.15) is 5.75 Å². The van der Waals surface area contributed by atoms with Crippen LogP contribution in [0.5, 0.6) is 5.75 Å². The Kier molecular flexibility index (Phi) is 4.59. The number of rotatable bonds is 5. The number of ether oxygens (including phenoxy) is 1. The van der Waals surface area contributed by atoms with Crippen LogP contribution in [0.25, 0.3) is 0 Å². The van der Waals surface area contributed by atoms with Crippen molar-refractivity contribution in [3.63, 3.8) is 0 Å². The largest absolute Gasteiger partial charge is 0.495 e. The molecule has 0 bridgehead atoms. The van der Waals surface area contributed by atoms with Crippen molar-refractivity contribution < 1.29 is 4.74 Å². The fraction of sp³-hybridized carbons (Fsp3) is 0.267. The van der Waals surface area contributed by atoms with Gasteiger partial charge in [0.25, 0.3) is 0 Å². The second-order valence-electron chi connectivity index (χ2n) is 4.07. The number of aryl methyl sites for hydroxylation is 1. The third kappa shape index (κ3) is 3.23. The predicted octanol–water partition coefficient (Wildman–Crippen LogP) is 4.00. The highest BCUT2D eigenvalue weighted by molar-refractivity contribution is 6.20. The normalized spacial score (nSPS) is 12.1. The van der Waals surface area contributed by atoms with Crippen LogP contribution in [-0.4, -0.2) is 12.1 Å². The Balaban J connectivity index is 1.99. The summed E-state index contributed by atoms with van der Waals surface area (Å²) in [6, 6.07) is 13.9. The Morgan fingerprint density at radius 3 is 2.67 bits per heavy atom. The zero-order chi connectivity index (χ0) is 12.8. The third-order valence-electron chi connectivity index (χ3n) is 2.86. The number of halogens is 1. The van der Waals surface area contributed by atoms with Crippen molar-refractivity contribution in [1.82, 2.24) is 4.98 Å². The van der Waals surface area contributed by atoms with Crippen LogP contribution in [0.4, 0.5) is 0 Å². The van der Waals surface area contributed by atoms with Crippen molar-refractivity contribution in [2.24, 2.45) is 0 Å². The summed E-state index contributed by atoms with van der Waals surface area (Å²) in [6.07, 6.45) is 3.44. The van der Waals surface area contributed by atoms with Gasteiger partial charge in [0, 0.05) is 6.20 Å². The smallest absolute Gasteiger partial charge is 0.140 e. The van der Waals surface area contributed by atoms with Gasteiger partial charge < -0.3 is 4.74 Å². The molecule has 0 N–H and O–H groups in total. The van der Waals surface area contributed by atoms with Gasteiger partial charge in [-0.05, 0) is 30.5 Å². The zero-order valence-electron chi connectivity index (χ0n) is 10.3. The molecular formula is C15H16ClNO. The minimum absolute atomic E-state index is 0.0120. The fourth-order valence-corrected chi connectivity index (χ4v) is 2.14. The maximum Gasteiger partial charge on any atom is 0.140 e. The van der Waals surface area contributed by atoms with Gasteiger partial charge in [-0.2, -0.15) is 0 Å². The van der Waals surface area contributed by atoms with Gasteiger partial charge in [0.05, 0.1) is 18.2 Å². The highest BCUT2D eigenvalue weighted by atomic mass is 35.5. The summed E-state index contributed by atoms with van der Waals surface area (Å²) in [7, 11) is 1.66. The summed E-state index contributed by atoms with van der Waals surface area (Å²) in [6.45, 7) is 0. The number of benzene rings is 1. The Morgan fingerprint density at radius 1 is 1.17 bits per heavy atom. The quantitative estimate of drug-likeness (QED) is 0.759. The number of methoxy groups -OCH3 is 1. The summed E-state index contributed by atoms with van der Waals surface area (Å²) < 4.78 is 5.28. The summed E-state index contributed by atoms with van der Waals surface area (Å²) in [5, 5.41) is 0.0120. The van der Waals surface area contributed by atoms with Crippen molar-refractivity contribution in [2.75, 3.05) is 7.11 Å². The van der Waals surface area contributed by atoms with Crippen molar-refractivity contribution in [3.05, 3.63) is 59.9 Å². The Morgan fingerprint density at radius 2 is 1.94 bits per heavy atom. The van der Waals surface area contributed by atoms with Crippen molar-refractivity contribution in [1.29, 1.82) is 0 Å². The molecule has 94 valence electrons. The predicted molar refractivity (Wildman–Crippen MR) is 74.1 cm³/mol. The molecule has 0 spiro atoms. The van der Waals surface area contributed by atoms with E-state index in [0.29, 0.717) is 0 Å². The van der Waals surface area contributed by atoms with Crippen molar-refractivity contribution in [2.45, 2.75) is 18.2 Å². The van der Waals surface area contributed by atoms with E-state index < -0.39 is 0 Å². The lowest BCUT2D eigenvalue weighted by molar-refractivity contribution is 0.406. The molecule has 1 unspecified atom stereocenters. The van der Waals surface area contributed by atoms with Gasteiger partial charge >= 0.3 is 0 Å². The molecule has 18 heavy (non-hydrogen) atoms. The van der Waals surface area contributed by atoms with E-state index in [2.05, 4.69) is 4.98 Å². The molecule has 1 aromatic carbocycles. The Hall–Kier alpha value is -1.54. The van der Waals surface area contributed by atoms with E-state index in [1.165, 1.54) is 0 Å². The molecular weight excluding hydrogens is 246 g/mol. The second kappa shape index (κ2) is 6.41. The minimum atomic E-state index is 0.0120. The van der Waals surface area contributed by atoms with Crippen LogP contribution in [0.1, 0.15) is 23.1 Å². The highest BCUT2D eigenvalue weighted by Gasteiger charge is 2.10. The monoisotopic (exact) mass is 261 g/mol. The average molecular weight is 262 g/mol. The molecule has 1 heterocycles. The van der Waals surface area contributed by atoms with Gasteiger partial charge in [0.2, 0.25) is 0 Å². The number of pyridine rings is 1. The number of hydrogen-bond donors (Lipinski definition) is 0. The van der Waals surface area contributed by atoms with E-state index in [4.69, 9.17) is 16.3 Å². The molecule has 1 atom stereocenters. The van der Waals surface area contributed by atoms with Crippen LogP contribution in [0.15, 0.2) is 48.7 Å². The van der Waals surface area contributed by atoms with Crippen LogP contribution in [0.3, 0.4) is 0 Å². The molecule has 0 radical (unpaired) electrons. The molecule has 0 saturated heterocycles. The van der Waals surface area contributed by atoms with Crippen LogP contribution >= 0.6 is 11.6 Å². The number of alkyl halides is 1. The topological polar surface area (TPSA) is 22.1 Å². The van der Waals surface area contributed by atoms with Crippen LogP contribution < -0.4 is 4.74 Å². The SMILES string of the molecule is COc1cccnc1CCC(Cl)c1ccccc1. The summed E-state index contributed by atoms with van der Waals surface area (Å²) in [4.78, 5) is 4.33. The molecule has 0 aliphatic rings. The van der Waals surface area contributed by atoms with E-state index in [1.807, 2.05) is 42.5 Å². The standard InChI is InChI=1S/C15H16ClNO/c1-18-15-8-5-11-17-14(15)10-9-13(16)12-6-3-2-4-7-12/h2-8,11,13H,9-10H2,1H3. The van der Waals surface area contributed by atoms with Gasteiger partial charge in [-0.25, -0.2) is 0 Å². The van der Waals surface area contributed by atoms with Crippen LogP contribution in [0, 0.1) is 0 Å². The maximum atomic E-state index is 6.38. The number of aromatic nitrogens is 1. The van der Waals surface area contributed by atoms with Gasteiger partial charge in [-0.1, -0.05) is 30.3 Å². The minimum Gasteiger partial charge on any atom is -0.495 e. The highest BCUT2D eigenvalue weighted by Crippen LogP contribution is 2.27. The first-order chi connectivity index (χ1) is 8.81. The van der Waals surface area contributed by atoms with Crippen LogP contribution in [-0.2, 0) is 6.42 Å². The van der Waals surface area contributed by atoms with E-state index in [9.17, 15) is 0 Å². The third-order valence-corrected chi connectivity index (χ3v) is 3.33. The molecule has 0 fully saturated rings. The first-order valence-corrected chi connectivity index (χ1v) is 6.42. The first-order valence-electron chi connectivity index (χ1n) is 5.98. The van der Waals surface area contributed by atoms with E-state index in [1.54, 1.807) is 13.3 Å². The van der Waals surface area contributed by atoms with Gasteiger partial charge in [0.15, 0.2) is 0 Å². The Labute approximate surface area is 113 Å². The number of hydrogen-bond acceptors (Lipinski definition) is 2. The van der Waals surface area contributed by atoms with Gasteiger partial charge in [-0.3, -0.25) is 4.98 Å². The zero-order valence-corrected chi connectivity index (χ0v) is 11.1. The molecule has 0 aliphatic heterocycles. The lowest BCUT2D eigenvalue weighted by Gasteiger charge is -2.11. The fourth-order valence-electron chi connectivity index (χ4n) is 1.89. The second-order valence-corrected chi connectivity index (χ2v) is 4.60. The summed E-state index contributed by atoms with van der Waals surface area (Å²) in [5.74, 6) is 0.828. The molecule has 2 nitrogen and oxygen atoms in total. The summed E-state index contributed by atoms with van der Waals surface area (Å²) >= 11 is 6.38. The van der Waals surface area contributed by atoms with E-state index in [0.717, 1.165) is 29.8 Å². The van der Waals surface area contributed by atoms with Gasteiger partial charge in [-0.15, -0.1) is 11.6 Å². The molecule has 1 aromatic heterocycles. The molecule has 0 amide bonds. The Bertz CT molecular complexity index is 487. The maximum absolute atomic E-state index is 6.38. The van der Waals surface area contributed by atoms with Crippen LogP contribution in [0.2, 0.25) is 0 Å². The molecule has 2 rings (SSSR count). The van der Waals surface area contributed by atoms with E-state index >= 15 is 0 Å². The van der Waals surface area contributed by atoms with E-state index in [-0.39, 0.29) is 5.38 Å². The lowest BCUT2D eigenvalue weighted by Crippen LogP contribution is -1.98. The summed E-state index contributed by atoms with van der Waals surface area (Å²) in [5.41, 5.74) is 2.11. The number of nitrogens with zero attached hydrogens (tertiary/aromatic N) is 1. The molecule has 3 heteroatoms. The average Bonchev–Trinajstić information content (AvgIpc) is 2.46. The first kappa shape index (κ1) is 12.9.